The standard InChI is InChI=1S/C39H46N2O7S2/c1-40-20-22-14-26(17-29(44)15-22)39(41-2)48-34-19-28(43)10-5-24-7-12-33(46)38(47-3)36(24)31-11-6-23-4-9-27(42)18-32(23)37(31)35-13-8-25(34)16-30(45)21-49-50-35/h4,6-7,9,11-12,14-15,17-18,25,30,34-35,39-42,44-46H,5,8,10,13,16,19-21H2,1-3H3/t25-,30+,34+,35+,39+/m1/s1. The average Bonchev–Trinajstić information content (AvgIpc) is 3.18. The number of aliphatic hydroxyl groups excluding tert-OH is 1. The molecule has 0 saturated carbocycles. The molecule has 1 aliphatic carbocycles. The van der Waals surface area contributed by atoms with Crippen LogP contribution in [0.4, 0.5) is 0 Å². The summed E-state index contributed by atoms with van der Waals surface area (Å²) >= 11 is 0. The SMILES string of the molecule is CNCc1cc(O)cc([C@@H](NC)O[C@H]2CC(=O)CCc3ccc(O)c(OC)c3-c3ccc4ccc(O)cc4c3[C@@H]3CC[C@@H]2C[C@H](O)CSS3)c1. The number of carbonyl (C=O) groups is 1. The van der Waals surface area contributed by atoms with E-state index in [9.17, 15) is 25.2 Å². The predicted molar refractivity (Wildman–Crippen MR) is 201 cm³/mol. The third kappa shape index (κ3) is 8.03. The fourth-order valence-electron chi connectivity index (χ4n) is 7.47. The van der Waals surface area contributed by atoms with Gasteiger partial charge in [0.25, 0.3) is 0 Å². The van der Waals surface area contributed by atoms with Crippen LogP contribution in [0.2, 0.25) is 0 Å². The molecule has 4 aromatic carbocycles. The van der Waals surface area contributed by atoms with E-state index < -0.39 is 18.4 Å². The van der Waals surface area contributed by atoms with Crippen molar-refractivity contribution in [2.45, 2.75) is 68.8 Å². The molecule has 1 fully saturated rings. The van der Waals surface area contributed by atoms with E-state index >= 15 is 0 Å². The van der Waals surface area contributed by atoms with Crippen LogP contribution < -0.4 is 15.4 Å². The Labute approximate surface area is 301 Å². The zero-order valence-electron chi connectivity index (χ0n) is 28.6. The number of fused-ring (bicyclic) bond motifs is 9. The summed E-state index contributed by atoms with van der Waals surface area (Å²) in [7, 11) is 8.52. The summed E-state index contributed by atoms with van der Waals surface area (Å²) in [6.45, 7) is 0.573. The van der Waals surface area contributed by atoms with Crippen molar-refractivity contribution in [3.8, 4) is 34.1 Å². The van der Waals surface area contributed by atoms with Gasteiger partial charge in [0, 0.05) is 36.0 Å². The van der Waals surface area contributed by atoms with E-state index in [0.717, 1.165) is 44.2 Å². The molecule has 6 rings (SSSR count). The lowest BCUT2D eigenvalue weighted by atomic mass is 9.85. The van der Waals surface area contributed by atoms with Crippen molar-refractivity contribution in [3.05, 3.63) is 82.9 Å². The van der Waals surface area contributed by atoms with Crippen LogP contribution in [0, 0.1) is 5.92 Å². The molecule has 0 unspecified atom stereocenters. The third-order valence-corrected chi connectivity index (χ3v) is 12.6. The number of benzene rings is 4. The van der Waals surface area contributed by atoms with Crippen molar-refractivity contribution in [2.75, 3.05) is 27.0 Å². The number of ether oxygens (including phenoxy) is 2. The van der Waals surface area contributed by atoms with E-state index in [2.05, 4.69) is 16.7 Å². The summed E-state index contributed by atoms with van der Waals surface area (Å²) in [6.07, 6.45) is 0.982. The zero-order chi connectivity index (χ0) is 35.4. The van der Waals surface area contributed by atoms with E-state index in [4.69, 9.17) is 9.47 Å². The molecule has 6 N–H and O–H groups in total. The molecule has 0 amide bonds. The minimum atomic E-state index is -0.602. The van der Waals surface area contributed by atoms with Crippen LogP contribution in [-0.4, -0.2) is 65.4 Å². The van der Waals surface area contributed by atoms with Gasteiger partial charge in [-0.15, -0.1) is 0 Å². The van der Waals surface area contributed by atoms with Crippen LogP contribution in [0.15, 0.2) is 60.7 Å². The molecule has 0 radical (unpaired) electrons. The quantitative estimate of drug-likeness (QED) is 0.0858. The molecule has 266 valence electrons. The molecule has 50 heavy (non-hydrogen) atoms. The molecular weight excluding hydrogens is 673 g/mol. The highest BCUT2D eigenvalue weighted by atomic mass is 33.1. The van der Waals surface area contributed by atoms with Crippen molar-refractivity contribution in [1.82, 2.24) is 10.6 Å². The maximum atomic E-state index is 13.9. The minimum absolute atomic E-state index is 0.0138. The molecule has 1 heterocycles. The molecule has 4 aromatic rings. The number of aryl methyl sites for hydroxylation is 1. The van der Waals surface area contributed by atoms with Crippen LogP contribution >= 0.6 is 21.6 Å². The van der Waals surface area contributed by atoms with Gasteiger partial charge in [0.1, 0.15) is 23.5 Å². The first-order valence-electron chi connectivity index (χ1n) is 17.1. The highest BCUT2D eigenvalue weighted by Gasteiger charge is 2.34. The first kappa shape index (κ1) is 36.3. The molecule has 1 aliphatic heterocycles. The van der Waals surface area contributed by atoms with Gasteiger partial charge < -0.3 is 35.2 Å². The van der Waals surface area contributed by atoms with Gasteiger partial charge in [0.15, 0.2) is 11.5 Å². The van der Waals surface area contributed by atoms with E-state index in [1.807, 2.05) is 31.3 Å². The number of nitrogens with one attached hydrogen (secondary N) is 2. The van der Waals surface area contributed by atoms with Gasteiger partial charge in [0.2, 0.25) is 0 Å². The fraction of sp³-hybridized carbons (Fsp3) is 0.410. The summed E-state index contributed by atoms with van der Waals surface area (Å²) in [4.78, 5) is 13.9. The Kier molecular flexibility index (Phi) is 11.8. The number of phenols is 3. The van der Waals surface area contributed by atoms with Crippen LogP contribution in [0.25, 0.3) is 21.9 Å². The highest BCUT2D eigenvalue weighted by Crippen LogP contribution is 2.53. The molecule has 9 nitrogen and oxygen atoms in total. The van der Waals surface area contributed by atoms with E-state index in [1.165, 1.54) is 0 Å². The Bertz CT molecular complexity index is 1840. The van der Waals surface area contributed by atoms with Crippen molar-refractivity contribution >= 4 is 38.1 Å². The third-order valence-electron chi connectivity index (χ3n) is 9.77. The highest BCUT2D eigenvalue weighted by molar-refractivity contribution is 8.76. The summed E-state index contributed by atoms with van der Waals surface area (Å²) in [6, 6.07) is 18.3. The number of carbonyl (C=O) groups excluding carboxylic acids is 1. The number of phenolic OH excluding ortho intramolecular Hbond substituents is 3. The fourth-order valence-corrected chi connectivity index (χ4v) is 10.4. The number of Topliss-reactive ketones (excluding diaryl/α,β-unsaturated/α-hetero) is 1. The maximum Gasteiger partial charge on any atom is 0.168 e. The van der Waals surface area contributed by atoms with E-state index in [-0.39, 0.29) is 47.0 Å². The number of aliphatic hydroxyl groups is 1. The minimum Gasteiger partial charge on any atom is -0.508 e. The normalized spacial score (nSPS) is 22.2. The second kappa shape index (κ2) is 16.3. The monoisotopic (exact) mass is 718 g/mol. The molecule has 1 saturated heterocycles. The van der Waals surface area contributed by atoms with Gasteiger partial charge in [-0.1, -0.05) is 51.9 Å². The Morgan fingerprint density at radius 2 is 1.78 bits per heavy atom. The van der Waals surface area contributed by atoms with Gasteiger partial charge in [-0.05, 0) is 115 Å². The van der Waals surface area contributed by atoms with Crippen molar-refractivity contribution < 1.29 is 34.7 Å². The Morgan fingerprint density at radius 3 is 2.56 bits per heavy atom. The van der Waals surface area contributed by atoms with Crippen LogP contribution in [0.1, 0.15) is 65.8 Å². The van der Waals surface area contributed by atoms with Gasteiger partial charge in [0.05, 0.1) is 19.3 Å². The van der Waals surface area contributed by atoms with E-state index in [0.29, 0.717) is 43.7 Å². The Balaban J connectivity index is 1.49. The smallest absolute Gasteiger partial charge is 0.168 e. The van der Waals surface area contributed by atoms with Crippen molar-refractivity contribution in [2.24, 2.45) is 5.92 Å². The molecule has 5 atom stereocenters. The second-order valence-electron chi connectivity index (χ2n) is 13.2. The lowest BCUT2D eigenvalue weighted by Gasteiger charge is -2.32. The first-order chi connectivity index (χ1) is 24.2. The second-order valence-corrected chi connectivity index (χ2v) is 15.8. The topological polar surface area (TPSA) is 141 Å². The Morgan fingerprint density at radius 1 is 0.960 bits per heavy atom. The Hall–Kier alpha value is -3.45. The molecule has 2 aliphatic rings. The maximum absolute atomic E-state index is 13.9. The van der Waals surface area contributed by atoms with Crippen LogP contribution in [0.3, 0.4) is 0 Å². The first-order valence-corrected chi connectivity index (χ1v) is 19.5. The molecular formula is C39H46N2O7S2. The number of methoxy groups -OCH3 is 1. The molecule has 0 spiro atoms. The largest absolute Gasteiger partial charge is 0.508 e. The summed E-state index contributed by atoms with van der Waals surface area (Å²) < 4.78 is 12.7. The van der Waals surface area contributed by atoms with Crippen LogP contribution in [0.5, 0.6) is 23.0 Å². The van der Waals surface area contributed by atoms with Crippen LogP contribution in [-0.2, 0) is 22.5 Å². The predicted octanol–water partition coefficient (Wildman–Crippen LogP) is 7.14. The number of hydrogen-bond donors (Lipinski definition) is 6. The summed E-state index contributed by atoms with van der Waals surface area (Å²) in [5.74, 6) is 1.05. The zero-order valence-corrected chi connectivity index (χ0v) is 30.3. The number of rotatable bonds is 7. The molecule has 11 heteroatoms. The van der Waals surface area contributed by atoms with Crippen molar-refractivity contribution in [3.63, 3.8) is 0 Å². The number of ketones is 1. The summed E-state index contributed by atoms with van der Waals surface area (Å²) in [5.41, 5.74) is 5.18. The average molecular weight is 719 g/mol. The number of aromatic hydroxyl groups is 3. The van der Waals surface area contributed by atoms with Gasteiger partial charge in [-0.2, -0.15) is 0 Å². The molecule has 2 bridgehead atoms. The van der Waals surface area contributed by atoms with Crippen molar-refractivity contribution in [1.29, 1.82) is 0 Å². The molecule has 0 aromatic heterocycles. The van der Waals surface area contributed by atoms with E-state index in [1.54, 1.807) is 66.1 Å². The van der Waals surface area contributed by atoms with Gasteiger partial charge >= 0.3 is 0 Å². The number of hydrogen-bond acceptors (Lipinski definition) is 11. The summed E-state index contributed by atoms with van der Waals surface area (Å²) in [5, 5.41) is 51.7. The van der Waals surface area contributed by atoms with Gasteiger partial charge in [-0.25, -0.2) is 0 Å². The lowest BCUT2D eigenvalue weighted by molar-refractivity contribution is -0.127. The van der Waals surface area contributed by atoms with Gasteiger partial charge in [-0.3, -0.25) is 10.1 Å². The lowest BCUT2D eigenvalue weighted by Crippen LogP contribution is -2.35.